The number of hydrogen-bond donors (Lipinski definition) is 0. The third-order valence-electron chi connectivity index (χ3n) is 7.65. The van der Waals surface area contributed by atoms with Gasteiger partial charge in [-0.25, -0.2) is 14.6 Å². The second-order valence-corrected chi connectivity index (χ2v) is 11.0. The van der Waals surface area contributed by atoms with E-state index in [1.54, 1.807) is 12.1 Å². The van der Waals surface area contributed by atoms with E-state index in [4.69, 9.17) is 9.47 Å². The highest BCUT2D eigenvalue weighted by Gasteiger charge is 2.35. The van der Waals surface area contributed by atoms with Gasteiger partial charge in [-0.15, -0.1) is 0 Å². The Labute approximate surface area is 193 Å². The average Bonchev–Trinajstić information content (AvgIpc) is 2.73. The second kappa shape index (κ2) is 10.8. The van der Waals surface area contributed by atoms with Crippen LogP contribution in [-0.2, 0) is 9.47 Å². The van der Waals surface area contributed by atoms with E-state index in [9.17, 15) is 9.59 Å². The molecule has 6 atom stereocenters. The van der Waals surface area contributed by atoms with Crippen molar-refractivity contribution < 1.29 is 19.1 Å². The number of carbonyl (C=O) groups is 2. The molecule has 5 heteroatoms. The van der Waals surface area contributed by atoms with Crippen LogP contribution in [0.5, 0.6) is 0 Å². The van der Waals surface area contributed by atoms with Crippen LogP contribution in [-0.4, -0.2) is 29.1 Å². The predicted molar refractivity (Wildman–Crippen MR) is 125 cm³/mol. The van der Waals surface area contributed by atoms with Crippen molar-refractivity contribution in [3.8, 4) is 0 Å². The standard InChI is InChI=1S/C27H41NO4/c1-16(2)21-10-7-18(5)13-24(21)31-26(29)20-9-12-23(28-15-20)27(30)32-25-14-19(6)8-11-22(25)17(3)4/h9,12,15-19,21-22,24-25H,7-8,10-11,13-14H2,1-6H3. The van der Waals surface area contributed by atoms with Crippen molar-refractivity contribution in [3.63, 3.8) is 0 Å². The SMILES string of the molecule is CC1CCC(C(C)C)C(OC(=O)c2ccc(C(=O)OC3CC(C)CCC3C(C)C)nc2)C1. The molecule has 0 N–H and O–H groups in total. The van der Waals surface area contributed by atoms with Crippen LogP contribution < -0.4 is 0 Å². The van der Waals surface area contributed by atoms with Gasteiger partial charge in [-0.2, -0.15) is 0 Å². The first-order valence-electron chi connectivity index (χ1n) is 12.5. The topological polar surface area (TPSA) is 65.5 Å². The van der Waals surface area contributed by atoms with Crippen LogP contribution in [0.3, 0.4) is 0 Å². The van der Waals surface area contributed by atoms with Crippen LogP contribution in [0.15, 0.2) is 18.3 Å². The summed E-state index contributed by atoms with van der Waals surface area (Å²) in [6, 6.07) is 3.21. The average molecular weight is 444 g/mol. The highest BCUT2D eigenvalue weighted by Crippen LogP contribution is 2.37. The van der Waals surface area contributed by atoms with Crippen molar-refractivity contribution in [1.82, 2.24) is 4.98 Å². The molecule has 6 unspecified atom stereocenters. The van der Waals surface area contributed by atoms with Gasteiger partial charge < -0.3 is 9.47 Å². The Morgan fingerprint density at radius 3 is 1.75 bits per heavy atom. The van der Waals surface area contributed by atoms with Crippen molar-refractivity contribution in [2.45, 2.75) is 92.3 Å². The second-order valence-electron chi connectivity index (χ2n) is 11.0. The highest BCUT2D eigenvalue weighted by molar-refractivity contribution is 5.91. The zero-order valence-electron chi connectivity index (χ0n) is 20.7. The largest absolute Gasteiger partial charge is 0.458 e. The maximum Gasteiger partial charge on any atom is 0.357 e. The van der Waals surface area contributed by atoms with E-state index in [1.165, 1.54) is 19.0 Å². The van der Waals surface area contributed by atoms with E-state index in [0.29, 0.717) is 41.1 Å². The van der Waals surface area contributed by atoms with Crippen molar-refractivity contribution in [1.29, 1.82) is 0 Å². The fraction of sp³-hybridized carbons (Fsp3) is 0.741. The maximum absolute atomic E-state index is 12.8. The van der Waals surface area contributed by atoms with Gasteiger partial charge in [-0.3, -0.25) is 0 Å². The first-order valence-corrected chi connectivity index (χ1v) is 12.5. The number of pyridine rings is 1. The minimum absolute atomic E-state index is 0.0582. The van der Waals surface area contributed by atoms with Crippen LogP contribution in [0.1, 0.15) is 101 Å². The zero-order valence-corrected chi connectivity index (χ0v) is 20.7. The summed E-state index contributed by atoms with van der Waals surface area (Å²) >= 11 is 0. The molecule has 5 nitrogen and oxygen atoms in total. The Bertz CT molecular complexity index is 707. The van der Waals surface area contributed by atoms with Crippen LogP contribution in [0.25, 0.3) is 0 Å². The lowest BCUT2D eigenvalue weighted by molar-refractivity contribution is -0.0189. The number of esters is 2. The van der Waals surface area contributed by atoms with Crippen molar-refractivity contribution >= 4 is 11.9 Å². The van der Waals surface area contributed by atoms with E-state index in [1.807, 2.05) is 0 Å². The molecule has 178 valence electrons. The van der Waals surface area contributed by atoms with E-state index in [-0.39, 0.29) is 23.9 Å². The molecule has 0 saturated heterocycles. The Hall–Kier alpha value is -1.91. The Kier molecular flexibility index (Phi) is 8.35. The minimum atomic E-state index is -0.407. The van der Waals surface area contributed by atoms with Gasteiger partial charge in [0.2, 0.25) is 0 Å². The molecule has 1 aromatic heterocycles. The van der Waals surface area contributed by atoms with Gasteiger partial charge in [0.1, 0.15) is 17.9 Å². The van der Waals surface area contributed by atoms with Crippen molar-refractivity contribution in [2.75, 3.05) is 0 Å². The Morgan fingerprint density at radius 1 is 0.812 bits per heavy atom. The Morgan fingerprint density at radius 2 is 1.31 bits per heavy atom. The predicted octanol–water partition coefficient (Wildman–Crippen LogP) is 6.32. The molecule has 0 aliphatic heterocycles. The van der Waals surface area contributed by atoms with Crippen molar-refractivity contribution in [2.24, 2.45) is 35.5 Å². The summed E-state index contributed by atoms with van der Waals surface area (Å²) in [6.45, 7) is 13.2. The molecule has 0 radical (unpaired) electrons. The lowest BCUT2D eigenvalue weighted by Crippen LogP contribution is -2.36. The van der Waals surface area contributed by atoms with E-state index in [2.05, 4.69) is 46.5 Å². The molecule has 0 amide bonds. The molecule has 32 heavy (non-hydrogen) atoms. The summed E-state index contributed by atoms with van der Waals surface area (Å²) in [5, 5.41) is 0. The summed E-state index contributed by atoms with van der Waals surface area (Å²) in [5.74, 6) is 2.09. The van der Waals surface area contributed by atoms with Gasteiger partial charge in [-0.05, 0) is 73.3 Å². The van der Waals surface area contributed by atoms with E-state index < -0.39 is 5.97 Å². The molecule has 2 aliphatic carbocycles. The smallest absolute Gasteiger partial charge is 0.357 e. The first kappa shape index (κ1) is 24.7. The van der Waals surface area contributed by atoms with Gasteiger partial charge in [-0.1, -0.05) is 54.4 Å². The number of aromatic nitrogens is 1. The molecular formula is C27H41NO4. The maximum atomic E-state index is 12.8. The van der Waals surface area contributed by atoms with Gasteiger partial charge in [0, 0.05) is 6.20 Å². The zero-order chi connectivity index (χ0) is 23.4. The normalized spacial score (nSPS) is 30.9. The lowest BCUT2D eigenvalue weighted by atomic mass is 9.75. The third kappa shape index (κ3) is 6.11. The molecule has 1 heterocycles. The molecule has 0 aromatic carbocycles. The summed E-state index contributed by atoms with van der Waals surface area (Å²) < 4.78 is 11.8. The molecule has 2 fully saturated rings. The number of rotatable bonds is 6. The lowest BCUT2D eigenvalue weighted by Gasteiger charge is -2.36. The number of hydrogen-bond acceptors (Lipinski definition) is 5. The van der Waals surface area contributed by atoms with Gasteiger partial charge >= 0.3 is 11.9 Å². The summed E-state index contributed by atoms with van der Waals surface area (Å²) in [4.78, 5) is 29.7. The molecule has 1 aromatic rings. The van der Waals surface area contributed by atoms with Crippen LogP contribution in [0.2, 0.25) is 0 Å². The van der Waals surface area contributed by atoms with Crippen LogP contribution in [0.4, 0.5) is 0 Å². The Balaban J connectivity index is 1.62. The number of ether oxygens (including phenoxy) is 2. The van der Waals surface area contributed by atoms with Crippen LogP contribution in [0, 0.1) is 35.5 Å². The summed E-state index contributed by atoms with van der Waals surface area (Å²) in [5.41, 5.74) is 0.627. The molecular weight excluding hydrogens is 402 g/mol. The molecule has 3 rings (SSSR count). The molecule has 0 bridgehead atoms. The summed E-state index contributed by atoms with van der Waals surface area (Å²) in [6.07, 6.45) is 7.67. The minimum Gasteiger partial charge on any atom is -0.458 e. The summed E-state index contributed by atoms with van der Waals surface area (Å²) in [7, 11) is 0. The highest BCUT2D eigenvalue weighted by atomic mass is 16.5. The molecule has 2 saturated carbocycles. The van der Waals surface area contributed by atoms with Gasteiger partial charge in [0.05, 0.1) is 5.56 Å². The quantitative estimate of drug-likeness (QED) is 0.482. The number of carbonyl (C=O) groups excluding carboxylic acids is 2. The van der Waals surface area contributed by atoms with E-state index >= 15 is 0 Å². The third-order valence-corrected chi connectivity index (χ3v) is 7.65. The van der Waals surface area contributed by atoms with Crippen molar-refractivity contribution in [3.05, 3.63) is 29.6 Å². The monoisotopic (exact) mass is 443 g/mol. The van der Waals surface area contributed by atoms with Crippen LogP contribution >= 0.6 is 0 Å². The molecule has 0 spiro atoms. The fourth-order valence-corrected chi connectivity index (χ4v) is 5.54. The van der Waals surface area contributed by atoms with Gasteiger partial charge in [0.25, 0.3) is 0 Å². The first-order chi connectivity index (χ1) is 15.2. The number of nitrogens with zero attached hydrogens (tertiary/aromatic N) is 1. The fourth-order valence-electron chi connectivity index (χ4n) is 5.54. The molecule has 2 aliphatic rings. The van der Waals surface area contributed by atoms with E-state index in [0.717, 1.165) is 25.7 Å². The van der Waals surface area contributed by atoms with Gasteiger partial charge in [0.15, 0.2) is 0 Å².